The highest BCUT2D eigenvalue weighted by atomic mass is 79.9. The molecular weight excluding hydrogens is 651 g/mol. The number of anilines is 5. The van der Waals surface area contributed by atoms with E-state index in [0.717, 1.165) is 72.4 Å². The van der Waals surface area contributed by atoms with Crippen molar-refractivity contribution in [3.8, 4) is 16.9 Å². The highest BCUT2D eigenvalue weighted by Crippen LogP contribution is 2.45. The summed E-state index contributed by atoms with van der Waals surface area (Å²) in [6, 6.07) is 12.6. The third-order valence-corrected chi connectivity index (χ3v) is 10.9. The number of nitrogens with one attached hydrogen (secondary N) is 2. The summed E-state index contributed by atoms with van der Waals surface area (Å²) in [4.78, 5) is 14.2. The van der Waals surface area contributed by atoms with Crippen molar-refractivity contribution in [3.63, 3.8) is 0 Å². The summed E-state index contributed by atoms with van der Waals surface area (Å²) in [6.07, 6.45) is 6.89. The first kappa shape index (κ1) is 31.6. The zero-order chi connectivity index (χ0) is 31.9. The van der Waals surface area contributed by atoms with Crippen LogP contribution in [0.3, 0.4) is 0 Å². The molecule has 6 rings (SSSR count). The van der Waals surface area contributed by atoms with Crippen LogP contribution in [0.2, 0.25) is 0 Å². The van der Waals surface area contributed by atoms with Crippen LogP contribution in [0.15, 0.2) is 53.3 Å². The lowest BCUT2D eigenvalue weighted by atomic mass is 10.0. The molecule has 0 bridgehead atoms. The fourth-order valence-corrected chi connectivity index (χ4v) is 7.85. The zero-order valence-corrected chi connectivity index (χ0v) is 29.3. The van der Waals surface area contributed by atoms with Gasteiger partial charge in [0.25, 0.3) is 0 Å². The normalized spacial score (nSPS) is 15.9. The minimum absolute atomic E-state index is 0.314. The summed E-state index contributed by atoms with van der Waals surface area (Å²) in [5, 5.41) is 12.5. The van der Waals surface area contributed by atoms with E-state index in [1.807, 2.05) is 30.5 Å². The van der Waals surface area contributed by atoms with Crippen LogP contribution in [0.5, 0.6) is 5.75 Å². The van der Waals surface area contributed by atoms with E-state index in [2.05, 4.69) is 79.1 Å². The van der Waals surface area contributed by atoms with Crippen LogP contribution in [-0.2, 0) is 11.0 Å². The number of ether oxygens (including phenoxy) is 1. The second kappa shape index (κ2) is 12.8. The summed E-state index contributed by atoms with van der Waals surface area (Å²) < 4.78 is 21.9. The number of piperidine rings is 1. The molecule has 2 aliphatic rings. The number of halogens is 1. The van der Waals surface area contributed by atoms with E-state index in [1.54, 1.807) is 26.6 Å². The van der Waals surface area contributed by atoms with Gasteiger partial charge < -0.3 is 29.7 Å². The summed E-state index contributed by atoms with van der Waals surface area (Å²) in [7, 11) is 1.37. The first-order valence-electron chi connectivity index (χ1n) is 15.5. The molecule has 238 valence electrons. The van der Waals surface area contributed by atoms with Gasteiger partial charge in [0.05, 0.1) is 35.2 Å². The van der Waals surface area contributed by atoms with Gasteiger partial charge >= 0.3 is 0 Å². The average Bonchev–Trinajstić information content (AvgIpc) is 3.35. The summed E-state index contributed by atoms with van der Waals surface area (Å²) in [5.41, 5.74) is 6.22. The molecule has 2 aromatic heterocycles. The van der Waals surface area contributed by atoms with Crippen molar-refractivity contribution in [2.45, 2.75) is 45.2 Å². The predicted molar refractivity (Wildman–Crippen MR) is 188 cm³/mol. The number of hydrogen-bond acceptors (Lipinski definition) is 9. The van der Waals surface area contributed by atoms with E-state index < -0.39 is 7.14 Å². The Morgan fingerprint density at radius 2 is 1.78 bits per heavy atom. The Labute approximate surface area is 274 Å². The maximum atomic E-state index is 13.0. The molecule has 0 radical (unpaired) electrons. The standard InChI is InChI=1S/C33H42BrN8O2P/c1-21(2)41-16-13-28-24(19-36-42(28)22-11-14-40(3)15-12-22)23-17-27(30(44-4)18-29(23)41)38-33-35-20-25(34)32(39-33)37-26-9-7-8-10-31(26)45(5,6)43/h7-10,17-22H,11-16H2,1-6H3,(H2,35,37,38,39). The van der Waals surface area contributed by atoms with Crippen LogP contribution in [0.4, 0.5) is 28.8 Å². The van der Waals surface area contributed by atoms with Crippen LogP contribution >= 0.6 is 23.1 Å². The first-order valence-corrected chi connectivity index (χ1v) is 18.9. The van der Waals surface area contributed by atoms with Crippen molar-refractivity contribution in [1.82, 2.24) is 24.6 Å². The van der Waals surface area contributed by atoms with Crippen molar-refractivity contribution < 1.29 is 9.30 Å². The van der Waals surface area contributed by atoms with E-state index in [0.29, 0.717) is 34.1 Å². The van der Waals surface area contributed by atoms with Crippen molar-refractivity contribution in [2.75, 3.05) is 62.7 Å². The fraction of sp³-hybridized carbons (Fsp3) is 0.424. The highest BCUT2D eigenvalue weighted by Gasteiger charge is 2.29. The lowest BCUT2D eigenvalue weighted by Crippen LogP contribution is -2.34. The van der Waals surface area contributed by atoms with Gasteiger partial charge in [-0.2, -0.15) is 10.1 Å². The number of benzene rings is 2. The van der Waals surface area contributed by atoms with Gasteiger partial charge in [-0.05, 0) is 94.3 Å². The zero-order valence-electron chi connectivity index (χ0n) is 26.8. The molecule has 2 N–H and O–H groups in total. The maximum absolute atomic E-state index is 13.0. The van der Waals surface area contributed by atoms with Gasteiger partial charge in [0.1, 0.15) is 18.7 Å². The molecule has 2 aromatic carbocycles. The molecule has 0 unspecified atom stereocenters. The fourth-order valence-electron chi connectivity index (χ4n) is 6.40. The van der Waals surface area contributed by atoms with E-state index >= 15 is 0 Å². The number of methoxy groups -OCH3 is 1. The van der Waals surface area contributed by atoms with Gasteiger partial charge in [0.2, 0.25) is 5.95 Å². The molecule has 45 heavy (non-hydrogen) atoms. The van der Waals surface area contributed by atoms with Crippen molar-refractivity contribution in [2.24, 2.45) is 0 Å². The van der Waals surface area contributed by atoms with Crippen LogP contribution in [0, 0.1) is 0 Å². The van der Waals surface area contributed by atoms with Crippen LogP contribution < -0.4 is 25.6 Å². The number of rotatable bonds is 8. The van der Waals surface area contributed by atoms with E-state index in [4.69, 9.17) is 14.8 Å². The van der Waals surface area contributed by atoms with Crippen LogP contribution in [0.25, 0.3) is 11.1 Å². The van der Waals surface area contributed by atoms with Gasteiger partial charge in [0, 0.05) is 59.1 Å². The minimum Gasteiger partial charge on any atom is -0.494 e. The third-order valence-electron chi connectivity index (χ3n) is 8.79. The predicted octanol–water partition coefficient (Wildman–Crippen LogP) is 6.88. The second-order valence-corrected chi connectivity index (χ2v) is 16.6. The maximum Gasteiger partial charge on any atom is 0.229 e. The number of aromatic nitrogens is 4. The number of hydrogen-bond donors (Lipinski definition) is 2. The van der Waals surface area contributed by atoms with Crippen LogP contribution in [-0.4, -0.2) is 77.8 Å². The van der Waals surface area contributed by atoms with Crippen molar-refractivity contribution in [3.05, 3.63) is 59.0 Å². The van der Waals surface area contributed by atoms with Gasteiger partial charge in [-0.3, -0.25) is 4.68 Å². The summed E-state index contributed by atoms with van der Waals surface area (Å²) in [6.45, 7) is 11.1. The Morgan fingerprint density at radius 1 is 1.02 bits per heavy atom. The Hall–Kier alpha value is -3.40. The molecule has 1 fully saturated rings. The monoisotopic (exact) mass is 692 g/mol. The topological polar surface area (TPSA) is 100 Å². The molecule has 2 aliphatic heterocycles. The number of para-hydroxylation sites is 1. The number of likely N-dealkylation sites (tertiary alicyclic amines) is 1. The Bertz CT molecular complexity index is 1740. The van der Waals surface area contributed by atoms with E-state index in [9.17, 15) is 4.57 Å². The highest BCUT2D eigenvalue weighted by molar-refractivity contribution is 9.10. The number of nitrogens with zero attached hydrogens (tertiary/aromatic N) is 6. The third kappa shape index (κ3) is 6.48. The molecule has 0 atom stereocenters. The van der Waals surface area contributed by atoms with Gasteiger partial charge in [-0.1, -0.05) is 12.1 Å². The van der Waals surface area contributed by atoms with Gasteiger partial charge in [0.15, 0.2) is 0 Å². The molecular formula is C33H42BrN8O2P. The summed E-state index contributed by atoms with van der Waals surface area (Å²) in [5.74, 6) is 1.67. The molecule has 0 aliphatic carbocycles. The van der Waals surface area contributed by atoms with Crippen molar-refractivity contribution in [1.29, 1.82) is 0 Å². The second-order valence-electron chi connectivity index (χ2n) is 12.6. The summed E-state index contributed by atoms with van der Waals surface area (Å²) >= 11 is 3.58. The molecule has 10 nitrogen and oxygen atoms in total. The molecule has 12 heteroatoms. The average molecular weight is 694 g/mol. The molecule has 0 amide bonds. The largest absolute Gasteiger partial charge is 0.494 e. The molecule has 4 aromatic rings. The van der Waals surface area contributed by atoms with E-state index in [1.165, 1.54) is 5.69 Å². The van der Waals surface area contributed by atoms with Gasteiger partial charge in [-0.15, -0.1) is 0 Å². The SMILES string of the molecule is COc1cc2c(cc1Nc1ncc(Br)c(Nc3ccccc3P(C)(C)=O)n1)-c1cnn(C3CCN(C)CC3)c1CCN2C(C)C. The van der Waals surface area contributed by atoms with Crippen LogP contribution in [0.1, 0.15) is 38.4 Å². The molecule has 1 saturated heterocycles. The van der Waals surface area contributed by atoms with Crippen molar-refractivity contribution >= 4 is 57.2 Å². The molecule has 0 saturated carbocycles. The quantitative estimate of drug-likeness (QED) is 0.191. The first-order chi connectivity index (χ1) is 21.5. The molecule has 0 spiro atoms. The number of fused-ring (bicyclic) bond motifs is 3. The lowest BCUT2D eigenvalue weighted by Gasteiger charge is -2.31. The van der Waals surface area contributed by atoms with Gasteiger partial charge in [-0.25, -0.2) is 4.98 Å². The Balaban J connectivity index is 1.38. The Morgan fingerprint density at radius 3 is 2.49 bits per heavy atom. The Kier molecular flexibility index (Phi) is 8.96. The molecule has 4 heterocycles. The minimum atomic E-state index is -2.52. The van der Waals surface area contributed by atoms with E-state index in [-0.39, 0.29) is 0 Å². The lowest BCUT2D eigenvalue weighted by molar-refractivity contribution is 0.210. The smallest absolute Gasteiger partial charge is 0.229 e.